The maximum absolute atomic E-state index is 15.3. The van der Waals surface area contributed by atoms with Crippen molar-refractivity contribution in [3.63, 3.8) is 0 Å². The highest BCUT2D eigenvalue weighted by Crippen LogP contribution is 2.31. The summed E-state index contributed by atoms with van der Waals surface area (Å²) in [6, 6.07) is 7.08. The second-order valence-corrected chi connectivity index (χ2v) is 30.5. The van der Waals surface area contributed by atoms with Crippen LogP contribution in [0.1, 0.15) is 163 Å². The predicted octanol–water partition coefficient (Wildman–Crippen LogP) is 5.17. The molecular weight excluding hydrogens is 1360 g/mol. The van der Waals surface area contributed by atoms with E-state index in [2.05, 4.69) is 43.9 Å². The first-order valence-corrected chi connectivity index (χ1v) is 36.5. The molecule has 3 aliphatic heterocycles. The highest BCUT2D eigenvalue weighted by atomic mass is 127. The van der Waals surface area contributed by atoms with Gasteiger partial charge in [-0.25, -0.2) is 0 Å². The van der Waals surface area contributed by atoms with Crippen molar-refractivity contribution >= 4 is 93.5 Å². The number of likely N-dealkylation sites (tertiary alicyclic amines) is 1. The van der Waals surface area contributed by atoms with Crippen LogP contribution >= 0.6 is 22.6 Å². The molecule has 4 fully saturated rings. The zero-order valence-corrected chi connectivity index (χ0v) is 62.7. The number of hydrogen-bond acceptors (Lipinski definition) is 12. The zero-order valence-electron chi connectivity index (χ0n) is 60.5. The van der Waals surface area contributed by atoms with Gasteiger partial charge in [0, 0.05) is 71.9 Å². The molecule has 25 heteroatoms. The molecule has 2 aromatic rings. The molecule has 1 saturated carbocycles. The average Bonchev–Trinajstić information content (AvgIpc) is 0.793. The first kappa shape index (κ1) is 79.8. The van der Waals surface area contributed by atoms with Crippen LogP contribution in [0.15, 0.2) is 54.6 Å². The summed E-state index contributed by atoms with van der Waals surface area (Å²) in [4.78, 5) is 189. The van der Waals surface area contributed by atoms with Crippen LogP contribution in [-0.4, -0.2) is 239 Å². The summed E-state index contributed by atoms with van der Waals surface area (Å²) in [5.41, 5.74) is -0.175. The Balaban J connectivity index is 1.43. The number of halogens is 1. The third kappa shape index (κ3) is 21.4. The minimum atomic E-state index is -1.72. The third-order valence-corrected chi connectivity index (χ3v) is 21.1. The van der Waals surface area contributed by atoms with E-state index in [9.17, 15) is 38.4 Å². The topological polar surface area (TPSA) is 279 Å². The van der Waals surface area contributed by atoms with Crippen molar-refractivity contribution in [2.75, 3.05) is 75.0 Å². The summed E-state index contributed by atoms with van der Waals surface area (Å²) in [6.45, 7) is 14.2. The SMILES string of the molecule is CC[C@H](C)[C@@H]1NC(=O)[C@H](CC(C)C)N(C)C(=O)C[C@@H](C(=O)N2CCCCC2)N(C)C(=O)[C@H](CC(C)C)NC(=O)C(C)(C)N(C)C(=O)[C@H](CCc2ccccc2)NC(=O)[C@H](Cc2cccc(I)c2)NC(=O)CN(C)C(=O)[C@H](CC2CCCCC2)N(C)C(=O)[C@@H]2CCN2C(=O)CN(C)C1=O. The van der Waals surface area contributed by atoms with E-state index in [1.54, 1.807) is 17.9 Å². The molecule has 0 unspecified atom stereocenters. The van der Waals surface area contributed by atoms with Crippen LogP contribution in [0.4, 0.5) is 0 Å². The van der Waals surface area contributed by atoms with Crippen LogP contribution in [0.2, 0.25) is 0 Å². The summed E-state index contributed by atoms with van der Waals surface area (Å²) >= 11 is 2.15. The maximum Gasteiger partial charge on any atom is 0.246 e. The van der Waals surface area contributed by atoms with Gasteiger partial charge in [0.2, 0.25) is 70.9 Å². The highest BCUT2D eigenvalue weighted by molar-refractivity contribution is 14.1. The van der Waals surface area contributed by atoms with Gasteiger partial charge < -0.3 is 60.5 Å². The van der Waals surface area contributed by atoms with E-state index >= 15 is 19.2 Å². The zero-order chi connectivity index (χ0) is 72.5. The fourth-order valence-electron chi connectivity index (χ4n) is 13.6. The Morgan fingerprint density at radius 3 is 1.81 bits per heavy atom. The van der Waals surface area contributed by atoms with Crippen molar-refractivity contribution in [3.05, 3.63) is 69.3 Å². The first-order chi connectivity index (χ1) is 46.2. The van der Waals surface area contributed by atoms with Crippen LogP contribution in [-0.2, 0) is 70.4 Å². The number of rotatable bonds is 14. The summed E-state index contributed by atoms with van der Waals surface area (Å²) in [5.74, 6) is -8.14. The Bertz CT molecular complexity index is 3140. The molecule has 0 spiro atoms. The van der Waals surface area contributed by atoms with E-state index < -0.39 is 150 Å². The Labute approximate surface area is 594 Å². The van der Waals surface area contributed by atoms with Crippen LogP contribution < -0.4 is 21.3 Å². The van der Waals surface area contributed by atoms with Gasteiger partial charge in [0.1, 0.15) is 53.9 Å². The standard InChI is InChI=1S/C73H111IN12O12/c1-15-48(6)63-71(97)80(10)45-62(89)86-37-34-56(86)69(95)83(13)58(42-50-28-21-17-22-29-50)68(94)79(9)44-60(87)75-54(41-51-30-25-31-52(74)40-51)64(90)76-53(33-32-49-26-19-16-20-27-49)67(93)84(14)73(7,8)72(98)77-55(38-46(2)3)66(92)82(12)59(70(96)85-35-23-18-24-36-85)43-61(88)81(11)57(39-47(4)5)65(91)78-63/h16,19-20,25-27,30-31,40,46-48,50,53-59,63H,15,17-18,21-24,28-29,32-39,41-45H2,1-14H3,(H,75,87)(H,76,90)(H,77,98)(H,78,91)/t48-,53-,54-,55-,56-,57-,58-,59-,63-/m0/s1. The molecule has 98 heavy (non-hydrogen) atoms. The summed E-state index contributed by atoms with van der Waals surface area (Å²) < 4.78 is 0.860. The fraction of sp³-hybridized carbons (Fsp3) is 0.671. The Hall–Kier alpha value is -7.19. The number of piperidine rings is 1. The van der Waals surface area contributed by atoms with E-state index in [4.69, 9.17) is 0 Å². The molecule has 0 radical (unpaired) electrons. The molecule has 0 bridgehead atoms. The van der Waals surface area contributed by atoms with Crippen LogP contribution in [0.3, 0.4) is 0 Å². The van der Waals surface area contributed by atoms with E-state index in [0.717, 1.165) is 47.7 Å². The number of benzene rings is 2. The Morgan fingerprint density at radius 1 is 0.582 bits per heavy atom. The number of fused-ring (bicyclic) bond motifs is 1. The molecule has 0 aromatic heterocycles. The van der Waals surface area contributed by atoms with Crippen molar-refractivity contribution < 1.29 is 57.5 Å². The van der Waals surface area contributed by atoms with Gasteiger partial charge in [-0.05, 0) is 141 Å². The highest BCUT2D eigenvalue weighted by Gasteiger charge is 2.46. The number of aryl methyl sites for hydroxylation is 1. The Kier molecular flexibility index (Phi) is 29.9. The molecule has 12 amide bonds. The summed E-state index contributed by atoms with van der Waals surface area (Å²) in [7, 11) is 8.73. The second-order valence-electron chi connectivity index (χ2n) is 29.2. The lowest BCUT2D eigenvalue weighted by molar-refractivity contribution is -0.158. The van der Waals surface area contributed by atoms with Crippen molar-refractivity contribution in [2.45, 2.75) is 218 Å². The number of carbonyl (C=O) groups excluding carboxylic acids is 12. The lowest BCUT2D eigenvalue weighted by atomic mass is 9.84. The predicted molar refractivity (Wildman–Crippen MR) is 382 cm³/mol. The molecule has 3 heterocycles. The van der Waals surface area contributed by atoms with Gasteiger partial charge in [0.25, 0.3) is 0 Å². The average molecular weight is 1480 g/mol. The first-order valence-electron chi connectivity index (χ1n) is 35.4. The summed E-state index contributed by atoms with van der Waals surface area (Å²) in [6.07, 6.45) is 7.91. The normalized spacial score (nSPS) is 25.8. The smallest absolute Gasteiger partial charge is 0.246 e. The van der Waals surface area contributed by atoms with Crippen molar-refractivity contribution in [2.24, 2.45) is 23.7 Å². The van der Waals surface area contributed by atoms with Gasteiger partial charge in [0.15, 0.2) is 0 Å². The van der Waals surface area contributed by atoms with Crippen LogP contribution in [0.25, 0.3) is 0 Å². The Morgan fingerprint density at radius 2 is 1.20 bits per heavy atom. The second kappa shape index (κ2) is 36.8. The van der Waals surface area contributed by atoms with E-state index in [1.807, 2.05) is 83.1 Å². The quantitative estimate of drug-likeness (QED) is 0.179. The van der Waals surface area contributed by atoms with Gasteiger partial charge in [-0.2, -0.15) is 0 Å². The maximum atomic E-state index is 15.3. The number of likely N-dealkylation sites (N-methyl/N-ethyl adjacent to an activating group) is 6. The number of nitrogens with zero attached hydrogens (tertiary/aromatic N) is 8. The molecular formula is C73H111IN12O12. The van der Waals surface area contributed by atoms with Crippen molar-refractivity contribution in [3.8, 4) is 0 Å². The summed E-state index contributed by atoms with van der Waals surface area (Å²) in [5, 5.41) is 11.7. The molecule has 6 rings (SSSR count). The van der Waals surface area contributed by atoms with Crippen molar-refractivity contribution in [1.29, 1.82) is 0 Å². The van der Waals surface area contributed by atoms with Gasteiger partial charge in [-0.3, -0.25) is 57.5 Å². The van der Waals surface area contributed by atoms with Crippen LogP contribution in [0.5, 0.6) is 0 Å². The number of carbonyl (C=O) groups is 12. The van der Waals surface area contributed by atoms with E-state index in [1.165, 1.54) is 90.4 Å². The molecule has 24 nitrogen and oxygen atoms in total. The minimum Gasteiger partial charge on any atom is -0.342 e. The van der Waals surface area contributed by atoms with Gasteiger partial charge in [-0.1, -0.05) is 123 Å². The molecule has 9 atom stereocenters. The molecule has 2 aromatic carbocycles. The minimum absolute atomic E-state index is 0.0275. The third-order valence-electron chi connectivity index (χ3n) is 20.5. The van der Waals surface area contributed by atoms with Crippen LogP contribution in [0, 0.1) is 27.2 Å². The molecule has 3 saturated heterocycles. The molecule has 4 aliphatic rings. The number of hydrogen-bond donors (Lipinski definition) is 4. The van der Waals surface area contributed by atoms with Crippen molar-refractivity contribution in [1.82, 2.24) is 60.5 Å². The van der Waals surface area contributed by atoms with E-state index in [0.29, 0.717) is 50.8 Å². The monoisotopic (exact) mass is 1470 g/mol. The molecule has 4 N–H and O–H groups in total. The number of amides is 12. The number of nitrogens with one attached hydrogen (secondary N) is 4. The fourth-order valence-corrected chi connectivity index (χ4v) is 14.2. The largest absolute Gasteiger partial charge is 0.342 e. The molecule has 542 valence electrons. The van der Waals surface area contributed by atoms with Gasteiger partial charge in [-0.15, -0.1) is 0 Å². The molecule has 1 aliphatic carbocycles. The van der Waals surface area contributed by atoms with Gasteiger partial charge in [0.05, 0.1) is 19.5 Å². The lowest BCUT2D eigenvalue weighted by Gasteiger charge is -2.44. The lowest BCUT2D eigenvalue weighted by Crippen LogP contribution is -2.64. The van der Waals surface area contributed by atoms with Gasteiger partial charge >= 0.3 is 0 Å². The van der Waals surface area contributed by atoms with E-state index in [-0.39, 0.29) is 56.4 Å².